The van der Waals surface area contributed by atoms with Crippen molar-refractivity contribution in [2.45, 2.75) is 29.1 Å². The Morgan fingerprint density at radius 3 is 2.10 bits per heavy atom. The summed E-state index contributed by atoms with van der Waals surface area (Å²) in [4.78, 5) is 14.2. The minimum absolute atomic E-state index is 0.162. The molecule has 4 heteroatoms. The van der Waals surface area contributed by atoms with Crippen molar-refractivity contribution in [2.24, 2.45) is 5.92 Å². The van der Waals surface area contributed by atoms with Crippen LogP contribution in [0, 0.1) is 5.92 Å². The normalized spacial score (nSPS) is 14.5. The van der Waals surface area contributed by atoms with E-state index in [4.69, 9.17) is 0 Å². The van der Waals surface area contributed by atoms with Crippen LogP contribution in [0.1, 0.15) is 19.3 Å². The topological polar surface area (TPSA) is 29.1 Å². The number of rotatable bonds is 4. The molecule has 0 radical (unpaired) electrons. The Kier molecular flexibility index (Phi) is 4.66. The number of amides is 1. The Bertz CT molecular complexity index is 620. The van der Waals surface area contributed by atoms with Crippen molar-refractivity contribution in [3.8, 4) is 0 Å². The molecule has 0 unspecified atom stereocenters. The van der Waals surface area contributed by atoms with Gasteiger partial charge in [-0.2, -0.15) is 0 Å². The maximum Gasteiger partial charge on any atom is 0.227 e. The smallest absolute Gasteiger partial charge is 0.227 e. The van der Waals surface area contributed by atoms with Gasteiger partial charge in [-0.3, -0.25) is 4.79 Å². The van der Waals surface area contributed by atoms with Crippen LogP contribution in [0.25, 0.3) is 0 Å². The maximum atomic E-state index is 11.9. The standard InChI is InChI=1S/C17H16BrNOS/c18-13-4-8-15(9-5-13)21-16-10-6-14(7-11-16)19-17(20)12-2-1-3-12/h4-12H,1-3H2,(H,19,20). The van der Waals surface area contributed by atoms with Gasteiger partial charge in [-0.1, -0.05) is 34.1 Å². The number of nitrogens with one attached hydrogen (secondary N) is 1. The zero-order chi connectivity index (χ0) is 14.7. The first-order chi connectivity index (χ1) is 10.2. The number of halogens is 1. The minimum atomic E-state index is 0.162. The van der Waals surface area contributed by atoms with Crippen LogP contribution in [0.3, 0.4) is 0 Å². The van der Waals surface area contributed by atoms with Crippen molar-refractivity contribution < 1.29 is 4.79 Å². The largest absolute Gasteiger partial charge is 0.326 e. The summed E-state index contributed by atoms with van der Waals surface area (Å²) in [6, 6.07) is 16.3. The van der Waals surface area contributed by atoms with Gasteiger partial charge in [0.15, 0.2) is 0 Å². The van der Waals surface area contributed by atoms with Crippen LogP contribution in [-0.4, -0.2) is 5.91 Å². The van der Waals surface area contributed by atoms with Gasteiger partial charge in [-0.25, -0.2) is 0 Å². The van der Waals surface area contributed by atoms with Crippen LogP contribution in [0.4, 0.5) is 5.69 Å². The highest BCUT2D eigenvalue weighted by Gasteiger charge is 2.24. The molecule has 2 aromatic rings. The third kappa shape index (κ3) is 3.89. The van der Waals surface area contributed by atoms with Crippen molar-refractivity contribution in [2.75, 3.05) is 5.32 Å². The summed E-state index contributed by atoms with van der Waals surface area (Å²) in [6.45, 7) is 0. The Morgan fingerprint density at radius 2 is 1.57 bits per heavy atom. The van der Waals surface area contributed by atoms with Crippen LogP contribution in [-0.2, 0) is 4.79 Å². The second-order valence-corrected chi connectivity index (χ2v) is 7.26. The second-order valence-electron chi connectivity index (χ2n) is 5.20. The van der Waals surface area contributed by atoms with Crippen molar-refractivity contribution in [3.05, 3.63) is 53.0 Å². The molecule has 0 bridgehead atoms. The zero-order valence-electron chi connectivity index (χ0n) is 11.5. The van der Waals surface area contributed by atoms with Crippen LogP contribution in [0.2, 0.25) is 0 Å². The molecule has 0 heterocycles. The number of hydrogen-bond acceptors (Lipinski definition) is 2. The van der Waals surface area contributed by atoms with E-state index in [0.717, 1.165) is 23.0 Å². The summed E-state index contributed by atoms with van der Waals surface area (Å²) in [5.41, 5.74) is 0.882. The lowest BCUT2D eigenvalue weighted by atomic mass is 9.85. The lowest BCUT2D eigenvalue weighted by Gasteiger charge is -2.24. The summed E-state index contributed by atoms with van der Waals surface area (Å²) in [6.07, 6.45) is 3.24. The average Bonchev–Trinajstić information content (AvgIpc) is 2.41. The molecule has 1 aliphatic rings. The summed E-state index contributed by atoms with van der Waals surface area (Å²) < 4.78 is 1.08. The first-order valence-electron chi connectivity index (χ1n) is 7.05. The fraction of sp³-hybridized carbons (Fsp3) is 0.235. The highest BCUT2D eigenvalue weighted by Crippen LogP contribution is 2.30. The van der Waals surface area contributed by atoms with Crippen LogP contribution >= 0.6 is 27.7 Å². The van der Waals surface area contributed by atoms with Gasteiger partial charge in [0.1, 0.15) is 0 Å². The molecule has 0 aromatic heterocycles. The first kappa shape index (κ1) is 14.7. The zero-order valence-corrected chi connectivity index (χ0v) is 13.9. The Morgan fingerprint density at radius 1 is 1.00 bits per heavy atom. The molecule has 1 amide bonds. The van der Waals surface area contributed by atoms with E-state index < -0.39 is 0 Å². The first-order valence-corrected chi connectivity index (χ1v) is 8.66. The minimum Gasteiger partial charge on any atom is -0.326 e. The highest BCUT2D eigenvalue weighted by atomic mass is 79.9. The molecule has 0 atom stereocenters. The predicted molar refractivity (Wildman–Crippen MR) is 90.7 cm³/mol. The van der Waals surface area contributed by atoms with Crippen molar-refractivity contribution in [1.29, 1.82) is 0 Å². The Labute approximate surface area is 137 Å². The number of carbonyl (C=O) groups is 1. The fourth-order valence-electron chi connectivity index (χ4n) is 2.16. The van der Waals surface area contributed by atoms with Gasteiger partial charge in [-0.05, 0) is 61.4 Å². The van der Waals surface area contributed by atoms with Gasteiger partial charge in [-0.15, -0.1) is 0 Å². The van der Waals surface area contributed by atoms with Gasteiger partial charge in [0, 0.05) is 25.9 Å². The lowest BCUT2D eigenvalue weighted by Crippen LogP contribution is -2.27. The molecule has 0 saturated heterocycles. The molecule has 2 aromatic carbocycles. The molecule has 1 aliphatic carbocycles. The summed E-state index contributed by atoms with van der Waals surface area (Å²) >= 11 is 5.15. The number of anilines is 1. The van der Waals surface area contributed by atoms with Gasteiger partial charge in [0.2, 0.25) is 5.91 Å². The van der Waals surface area contributed by atoms with Crippen LogP contribution < -0.4 is 5.32 Å². The van der Waals surface area contributed by atoms with Crippen LogP contribution in [0.15, 0.2) is 62.8 Å². The molecule has 1 saturated carbocycles. The quantitative estimate of drug-likeness (QED) is 0.796. The highest BCUT2D eigenvalue weighted by molar-refractivity contribution is 9.10. The van der Waals surface area contributed by atoms with Crippen molar-refractivity contribution >= 4 is 39.3 Å². The van der Waals surface area contributed by atoms with Crippen molar-refractivity contribution in [3.63, 3.8) is 0 Å². The molecule has 1 N–H and O–H groups in total. The van der Waals surface area contributed by atoms with E-state index in [-0.39, 0.29) is 11.8 Å². The molecule has 3 rings (SSSR count). The molecule has 21 heavy (non-hydrogen) atoms. The lowest BCUT2D eigenvalue weighted by molar-refractivity contribution is -0.122. The number of benzene rings is 2. The van der Waals surface area contributed by atoms with Gasteiger partial charge < -0.3 is 5.32 Å². The van der Waals surface area contributed by atoms with E-state index in [1.165, 1.54) is 16.2 Å². The van der Waals surface area contributed by atoms with E-state index in [1.54, 1.807) is 11.8 Å². The predicted octanol–water partition coefficient (Wildman–Crippen LogP) is 5.34. The molecule has 1 fully saturated rings. The monoisotopic (exact) mass is 361 g/mol. The van der Waals surface area contributed by atoms with E-state index in [0.29, 0.717) is 0 Å². The molecule has 2 nitrogen and oxygen atoms in total. The van der Waals surface area contributed by atoms with Gasteiger partial charge in [0.05, 0.1) is 0 Å². The molecular formula is C17H16BrNOS. The summed E-state index contributed by atoms with van der Waals surface area (Å²) in [5, 5.41) is 2.99. The SMILES string of the molecule is O=C(Nc1ccc(Sc2ccc(Br)cc2)cc1)C1CCC1. The molecule has 108 valence electrons. The molecular weight excluding hydrogens is 346 g/mol. The van der Waals surface area contributed by atoms with E-state index in [9.17, 15) is 4.79 Å². The Hall–Kier alpha value is -1.26. The Balaban J connectivity index is 1.60. The van der Waals surface area contributed by atoms with Crippen molar-refractivity contribution in [1.82, 2.24) is 0 Å². The summed E-state index contributed by atoms with van der Waals surface area (Å²) in [7, 11) is 0. The molecule has 0 aliphatic heterocycles. The van der Waals surface area contributed by atoms with E-state index >= 15 is 0 Å². The maximum absolute atomic E-state index is 11.9. The third-order valence-electron chi connectivity index (χ3n) is 3.65. The fourth-order valence-corrected chi connectivity index (χ4v) is 3.24. The second kappa shape index (κ2) is 6.67. The number of hydrogen-bond donors (Lipinski definition) is 1. The van der Waals surface area contributed by atoms with Crippen LogP contribution in [0.5, 0.6) is 0 Å². The summed E-state index contributed by atoms with van der Waals surface area (Å²) in [5.74, 6) is 0.386. The van der Waals surface area contributed by atoms with Gasteiger partial charge >= 0.3 is 0 Å². The van der Waals surface area contributed by atoms with E-state index in [1.807, 2.05) is 36.4 Å². The number of carbonyl (C=O) groups excluding carboxylic acids is 1. The third-order valence-corrected chi connectivity index (χ3v) is 5.19. The van der Waals surface area contributed by atoms with Gasteiger partial charge in [0.25, 0.3) is 0 Å². The molecule has 0 spiro atoms. The average molecular weight is 362 g/mol. The van der Waals surface area contributed by atoms with E-state index in [2.05, 4.69) is 33.4 Å².